The minimum absolute atomic E-state index is 0.300. The van der Waals surface area contributed by atoms with E-state index in [1.54, 1.807) is 0 Å². The van der Waals surface area contributed by atoms with E-state index in [0.29, 0.717) is 17.9 Å². The average Bonchev–Trinajstić information content (AvgIpc) is 2.77. The molecule has 1 aliphatic rings. The lowest BCUT2D eigenvalue weighted by molar-refractivity contribution is -0.166. The van der Waals surface area contributed by atoms with Gasteiger partial charge in [-0.05, 0) is 83.3 Å². The first kappa shape index (κ1) is 29.2. The Balaban J connectivity index is 2.26. The summed E-state index contributed by atoms with van der Waals surface area (Å²) < 4.78 is 12.0. The first-order valence-corrected chi connectivity index (χ1v) is 13.9. The maximum atomic E-state index is 13.4. The molecule has 3 rings (SSSR count). The van der Waals surface area contributed by atoms with Gasteiger partial charge in [-0.1, -0.05) is 52.0 Å². The summed E-state index contributed by atoms with van der Waals surface area (Å²) in [5.74, 6) is 0.246. The Morgan fingerprint density at radius 2 is 1.65 bits per heavy atom. The van der Waals surface area contributed by atoms with Gasteiger partial charge in [-0.2, -0.15) is 0 Å². The Labute approximate surface area is 225 Å². The van der Waals surface area contributed by atoms with Crippen LogP contribution < -0.4 is 4.90 Å². The summed E-state index contributed by atoms with van der Waals surface area (Å²) in [4.78, 5) is 20.8. The van der Waals surface area contributed by atoms with E-state index in [4.69, 9.17) is 14.5 Å². The summed E-state index contributed by atoms with van der Waals surface area (Å²) >= 11 is 0. The van der Waals surface area contributed by atoms with Crippen molar-refractivity contribution in [2.24, 2.45) is 11.3 Å². The van der Waals surface area contributed by atoms with Crippen LogP contribution in [0.2, 0.25) is 0 Å². The lowest BCUT2D eigenvalue weighted by atomic mass is 9.81. The highest BCUT2D eigenvalue weighted by molar-refractivity contribution is 5.88. The summed E-state index contributed by atoms with van der Waals surface area (Å²) in [5.41, 5.74) is 7.00. The predicted octanol–water partition coefficient (Wildman–Crippen LogP) is 7.61. The molecule has 2 aromatic rings. The first-order valence-electron chi connectivity index (χ1n) is 13.9. The fourth-order valence-corrected chi connectivity index (χ4v) is 5.24. The van der Waals surface area contributed by atoms with Crippen LogP contribution in [0.5, 0.6) is 0 Å². The van der Waals surface area contributed by atoms with Crippen molar-refractivity contribution in [3.63, 3.8) is 0 Å². The number of ether oxygens (including phenoxy) is 2. The molecule has 5 nitrogen and oxygen atoms in total. The summed E-state index contributed by atoms with van der Waals surface area (Å²) in [6, 6.07) is 8.88. The molecule has 1 saturated heterocycles. The van der Waals surface area contributed by atoms with Crippen molar-refractivity contribution in [2.45, 2.75) is 100 Å². The van der Waals surface area contributed by atoms with Gasteiger partial charge in [0.05, 0.1) is 17.9 Å². The molecule has 1 aromatic heterocycles. The second-order valence-electron chi connectivity index (χ2n) is 12.7. The first-order chi connectivity index (χ1) is 17.2. The van der Waals surface area contributed by atoms with Crippen LogP contribution in [-0.2, 0) is 20.7 Å². The Morgan fingerprint density at radius 1 is 1.05 bits per heavy atom. The molecular formula is C32H48N2O3. The van der Waals surface area contributed by atoms with E-state index < -0.39 is 11.7 Å². The zero-order chi connectivity index (χ0) is 27.5. The second kappa shape index (κ2) is 11.6. The maximum absolute atomic E-state index is 13.4. The standard InChI is InChI=1S/C32H48N2O3/c1-11-36-30(35)29(37-31(6,7)8)27-23(5)33-22(4)26(25-14-12-24(13-15-25)20-21(2)3)28(27)34-18-16-32(9,10)17-19-34/h12-15,21,29H,11,16-20H2,1-10H3/t29-/m0/s1. The van der Waals surface area contributed by atoms with Gasteiger partial charge in [-0.3, -0.25) is 4.98 Å². The molecule has 0 aliphatic carbocycles. The van der Waals surface area contributed by atoms with Gasteiger partial charge in [0.1, 0.15) is 0 Å². The number of esters is 1. The Morgan fingerprint density at radius 3 is 2.16 bits per heavy atom. The number of benzene rings is 1. The molecule has 1 atom stereocenters. The highest BCUT2D eigenvalue weighted by Crippen LogP contribution is 2.45. The van der Waals surface area contributed by atoms with Crippen molar-refractivity contribution in [1.82, 2.24) is 4.98 Å². The third-order valence-corrected chi connectivity index (χ3v) is 7.13. The summed E-state index contributed by atoms with van der Waals surface area (Å²) in [6.07, 6.45) is 2.37. The number of hydrogen-bond donors (Lipinski definition) is 0. The Hall–Kier alpha value is -2.40. The van der Waals surface area contributed by atoms with Gasteiger partial charge < -0.3 is 14.4 Å². The molecule has 0 unspecified atom stereocenters. The SMILES string of the molecule is CCOC(=O)[C@@H](OC(C)(C)C)c1c(C)nc(C)c(-c2ccc(CC(C)C)cc2)c1N1CCC(C)(C)CC1. The van der Waals surface area contributed by atoms with Gasteiger partial charge in [0.25, 0.3) is 0 Å². The van der Waals surface area contributed by atoms with E-state index in [9.17, 15) is 4.79 Å². The van der Waals surface area contributed by atoms with Crippen molar-refractivity contribution in [3.05, 3.63) is 46.8 Å². The summed E-state index contributed by atoms with van der Waals surface area (Å²) in [5, 5.41) is 0. The monoisotopic (exact) mass is 508 g/mol. The van der Waals surface area contributed by atoms with Crippen molar-refractivity contribution in [3.8, 4) is 11.1 Å². The highest BCUT2D eigenvalue weighted by atomic mass is 16.6. The second-order valence-corrected chi connectivity index (χ2v) is 12.7. The van der Waals surface area contributed by atoms with Gasteiger partial charge in [0.2, 0.25) is 0 Å². The van der Waals surface area contributed by atoms with Crippen molar-refractivity contribution < 1.29 is 14.3 Å². The number of rotatable bonds is 8. The molecule has 0 N–H and O–H groups in total. The number of nitrogens with zero attached hydrogens (tertiary/aromatic N) is 2. The van der Waals surface area contributed by atoms with Gasteiger partial charge in [0.15, 0.2) is 6.10 Å². The largest absolute Gasteiger partial charge is 0.464 e. The number of pyridine rings is 1. The summed E-state index contributed by atoms with van der Waals surface area (Å²) in [6.45, 7) is 23.2. The van der Waals surface area contributed by atoms with Gasteiger partial charge in [0, 0.05) is 35.6 Å². The van der Waals surface area contributed by atoms with Crippen molar-refractivity contribution in [1.29, 1.82) is 0 Å². The van der Waals surface area contributed by atoms with E-state index in [2.05, 4.69) is 63.8 Å². The lowest BCUT2D eigenvalue weighted by Gasteiger charge is -2.41. The normalized spacial score (nSPS) is 16.7. The number of anilines is 1. The third kappa shape index (κ3) is 7.34. The number of carbonyl (C=O) groups is 1. The molecule has 0 amide bonds. The quantitative estimate of drug-likeness (QED) is 0.343. The number of piperidine rings is 1. The number of hydrogen-bond acceptors (Lipinski definition) is 5. The van der Waals surface area contributed by atoms with Crippen LogP contribution in [0.15, 0.2) is 24.3 Å². The summed E-state index contributed by atoms with van der Waals surface area (Å²) in [7, 11) is 0. The Bertz CT molecular complexity index is 1070. The van der Waals surface area contributed by atoms with Gasteiger partial charge >= 0.3 is 5.97 Å². The molecule has 1 fully saturated rings. The highest BCUT2D eigenvalue weighted by Gasteiger charge is 2.37. The molecule has 1 aromatic carbocycles. The van der Waals surface area contributed by atoms with Gasteiger partial charge in [-0.15, -0.1) is 0 Å². The maximum Gasteiger partial charge on any atom is 0.340 e. The fourth-order valence-electron chi connectivity index (χ4n) is 5.24. The van der Waals surface area contributed by atoms with E-state index in [0.717, 1.165) is 66.1 Å². The minimum atomic E-state index is -0.850. The fraction of sp³-hybridized carbons (Fsp3) is 0.625. The molecule has 0 bridgehead atoms. The van der Waals surface area contributed by atoms with E-state index in [1.165, 1.54) is 5.56 Å². The van der Waals surface area contributed by atoms with Gasteiger partial charge in [-0.25, -0.2) is 4.79 Å². The molecular weight excluding hydrogens is 460 g/mol. The number of aromatic nitrogens is 1. The predicted molar refractivity (Wildman–Crippen MR) is 153 cm³/mol. The van der Waals surface area contributed by atoms with E-state index in [-0.39, 0.29) is 5.97 Å². The molecule has 0 radical (unpaired) electrons. The zero-order valence-corrected chi connectivity index (χ0v) is 24.8. The molecule has 37 heavy (non-hydrogen) atoms. The smallest absolute Gasteiger partial charge is 0.340 e. The number of carbonyl (C=O) groups excluding carboxylic acids is 1. The molecule has 0 spiro atoms. The minimum Gasteiger partial charge on any atom is -0.464 e. The third-order valence-electron chi connectivity index (χ3n) is 7.13. The van der Waals surface area contributed by atoms with Crippen LogP contribution in [0.25, 0.3) is 11.1 Å². The molecule has 2 heterocycles. The zero-order valence-electron chi connectivity index (χ0n) is 24.8. The van der Waals surface area contributed by atoms with Crippen molar-refractivity contribution in [2.75, 3.05) is 24.6 Å². The van der Waals surface area contributed by atoms with Crippen LogP contribution in [-0.4, -0.2) is 36.3 Å². The molecule has 5 heteroatoms. The van der Waals surface area contributed by atoms with Crippen LogP contribution in [0, 0.1) is 25.2 Å². The van der Waals surface area contributed by atoms with Crippen LogP contribution in [0.1, 0.15) is 96.9 Å². The lowest BCUT2D eigenvalue weighted by Crippen LogP contribution is -2.39. The molecule has 204 valence electrons. The van der Waals surface area contributed by atoms with Crippen LogP contribution in [0.3, 0.4) is 0 Å². The number of aryl methyl sites for hydroxylation is 2. The van der Waals surface area contributed by atoms with Crippen LogP contribution in [0.4, 0.5) is 5.69 Å². The van der Waals surface area contributed by atoms with E-state index in [1.807, 2.05) is 34.6 Å². The molecule has 0 saturated carbocycles. The molecule has 1 aliphatic heterocycles. The Kier molecular flexibility index (Phi) is 9.10. The van der Waals surface area contributed by atoms with Crippen LogP contribution >= 0.6 is 0 Å². The average molecular weight is 509 g/mol. The van der Waals surface area contributed by atoms with Crippen molar-refractivity contribution >= 4 is 11.7 Å². The van der Waals surface area contributed by atoms with E-state index >= 15 is 0 Å². The topological polar surface area (TPSA) is 51.7 Å².